The molecule has 0 saturated carbocycles. The third-order valence-corrected chi connectivity index (χ3v) is 8.82. The highest BCUT2D eigenvalue weighted by Gasteiger charge is 2.41. The van der Waals surface area contributed by atoms with Crippen molar-refractivity contribution in [1.82, 2.24) is 14.5 Å². The Kier molecular flexibility index (Phi) is 4.16. The minimum Gasteiger partial charge on any atom is -0.278 e. The van der Waals surface area contributed by atoms with Gasteiger partial charge in [0, 0.05) is 32.0 Å². The van der Waals surface area contributed by atoms with Gasteiger partial charge >= 0.3 is 0 Å². The van der Waals surface area contributed by atoms with Crippen LogP contribution in [0.2, 0.25) is 0 Å². The molecule has 8 rings (SSSR count). The molecule has 4 heteroatoms. The third kappa shape index (κ3) is 2.76. The Balaban J connectivity index is 1.56. The van der Waals surface area contributed by atoms with Crippen molar-refractivity contribution in [3.8, 4) is 28.5 Å². The van der Waals surface area contributed by atoms with Crippen LogP contribution in [0.5, 0.6) is 0 Å². The molecule has 1 aliphatic carbocycles. The van der Waals surface area contributed by atoms with Gasteiger partial charge < -0.3 is 0 Å². The van der Waals surface area contributed by atoms with Crippen LogP contribution < -0.4 is 0 Å². The van der Waals surface area contributed by atoms with E-state index in [2.05, 4.69) is 115 Å². The zero-order valence-corrected chi connectivity index (χ0v) is 21.4. The van der Waals surface area contributed by atoms with E-state index >= 15 is 0 Å². The van der Waals surface area contributed by atoms with Crippen molar-refractivity contribution in [2.75, 3.05) is 0 Å². The quantitative estimate of drug-likeness (QED) is 0.241. The molecule has 0 bridgehead atoms. The molecule has 0 saturated heterocycles. The van der Waals surface area contributed by atoms with Gasteiger partial charge in [0.1, 0.15) is 0 Å². The van der Waals surface area contributed by atoms with Gasteiger partial charge in [-0.2, -0.15) is 0 Å². The smallest absolute Gasteiger partial charge is 0.235 e. The van der Waals surface area contributed by atoms with Crippen molar-refractivity contribution < 1.29 is 0 Å². The highest BCUT2D eigenvalue weighted by molar-refractivity contribution is 7.18. The average molecular weight is 494 g/mol. The SMILES string of the molecule is CC1(C)c2ccccc2-c2c1c1c3sccc3ccc1n2-c1nc(-c2ccccc2)c2ccccc2n1. The summed E-state index contributed by atoms with van der Waals surface area (Å²) in [5.74, 6) is 0.715. The molecule has 4 aromatic carbocycles. The van der Waals surface area contributed by atoms with Crippen LogP contribution in [0.3, 0.4) is 0 Å². The lowest BCUT2D eigenvalue weighted by molar-refractivity contribution is 0.666. The predicted octanol–water partition coefficient (Wildman–Crippen LogP) is 8.76. The number of hydrogen-bond acceptors (Lipinski definition) is 3. The second-order valence-corrected chi connectivity index (χ2v) is 11.2. The standard InChI is InChI=1S/C33H23N3S/c1-33(2)24-14-8-6-12-22(24)30-28(33)27-26(17-16-21-18-19-37-31(21)27)36(30)32-34-25-15-9-7-13-23(25)29(35-32)20-10-4-3-5-11-20/h3-19H,1-2H3. The fourth-order valence-electron chi connectivity index (χ4n) is 6.22. The molecule has 0 unspecified atom stereocenters. The number of para-hydroxylation sites is 1. The van der Waals surface area contributed by atoms with E-state index in [0.29, 0.717) is 5.95 Å². The zero-order chi connectivity index (χ0) is 24.7. The van der Waals surface area contributed by atoms with Crippen LogP contribution in [-0.4, -0.2) is 14.5 Å². The number of hydrogen-bond donors (Lipinski definition) is 0. The predicted molar refractivity (Wildman–Crippen MR) is 155 cm³/mol. The number of rotatable bonds is 2. The first-order chi connectivity index (χ1) is 18.1. The number of thiophene rings is 1. The van der Waals surface area contributed by atoms with Crippen molar-refractivity contribution in [3.63, 3.8) is 0 Å². The van der Waals surface area contributed by atoms with Crippen LogP contribution in [0.4, 0.5) is 0 Å². The number of aromatic nitrogens is 3. The second kappa shape index (κ2) is 7.37. The molecule has 0 spiro atoms. The van der Waals surface area contributed by atoms with E-state index in [1.54, 1.807) is 0 Å². The van der Waals surface area contributed by atoms with Crippen molar-refractivity contribution in [2.24, 2.45) is 0 Å². The molecule has 0 amide bonds. The van der Waals surface area contributed by atoms with E-state index < -0.39 is 0 Å². The van der Waals surface area contributed by atoms with Gasteiger partial charge in [0.15, 0.2) is 0 Å². The normalized spacial score (nSPS) is 13.9. The molecule has 7 aromatic rings. The van der Waals surface area contributed by atoms with Crippen LogP contribution in [0.1, 0.15) is 25.0 Å². The lowest BCUT2D eigenvalue weighted by Gasteiger charge is -2.21. The van der Waals surface area contributed by atoms with Gasteiger partial charge in [0.25, 0.3) is 0 Å². The maximum atomic E-state index is 5.28. The zero-order valence-electron chi connectivity index (χ0n) is 20.6. The maximum Gasteiger partial charge on any atom is 0.235 e. The van der Waals surface area contributed by atoms with Crippen molar-refractivity contribution >= 4 is 43.2 Å². The minimum atomic E-state index is -0.132. The maximum absolute atomic E-state index is 5.28. The van der Waals surface area contributed by atoms with Gasteiger partial charge in [-0.25, -0.2) is 9.97 Å². The Morgan fingerprint density at radius 1 is 0.757 bits per heavy atom. The van der Waals surface area contributed by atoms with Crippen LogP contribution >= 0.6 is 11.3 Å². The Bertz CT molecular complexity index is 2010. The molecule has 0 aliphatic heterocycles. The van der Waals surface area contributed by atoms with E-state index in [-0.39, 0.29) is 5.41 Å². The molecular formula is C33H23N3S. The summed E-state index contributed by atoms with van der Waals surface area (Å²) >= 11 is 1.82. The molecule has 0 fully saturated rings. The van der Waals surface area contributed by atoms with Crippen LogP contribution in [0, 0.1) is 0 Å². The summed E-state index contributed by atoms with van der Waals surface area (Å²) in [4.78, 5) is 10.5. The molecule has 0 atom stereocenters. The molecule has 0 N–H and O–H groups in total. The van der Waals surface area contributed by atoms with E-state index in [0.717, 1.165) is 27.7 Å². The number of fused-ring (bicyclic) bond motifs is 8. The fourth-order valence-corrected chi connectivity index (χ4v) is 7.17. The molecular weight excluding hydrogens is 470 g/mol. The minimum absolute atomic E-state index is 0.132. The topological polar surface area (TPSA) is 30.7 Å². The van der Waals surface area contributed by atoms with Crippen LogP contribution in [-0.2, 0) is 5.41 Å². The first-order valence-electron chi connectivity index (χ1n) is 12.6. The Morgan fingerprint density at radius 2 is 1.54 bits per heavy atom. The Hall–Kier alpha value is -4.28. The molecule has 37 heavy (non-hydrogen) atoms. The third-order valence-electron chi connectivity index (χ3n) is 7.87. The molecule has 3 heterocycles. The molecule has 176 valence electrons. The molecule has 1 aliphatic rings. The largest absolute Gasteiger partial charge is 0.278 e. The first-order valence-corrected chi connectivity index (χ1v) is 13.5. The van der Waals surface area contributed by atoms with Gasteiger partial charge in [0.05, 0.1) is 22.4 Å². The number of nitrogens with zero attached hydrogens (tertiary/aromatic N) is 3. The van der Waals surface area contributed by atoms with Crippen LogP contribution in [0.15, 0.2) is 102 Å². The summed E-state index contributed by atoms with van der Waals surface area (Å²) < 4.78 is 3.65. The molecule has 3 aromatic heterocycles. The van der Waals surface area contributed by atoms with E-state index in [1.807, 2.05) is 17.4 Å². The highest BCUT2D eigenvalue weighted by atomic mass is 32.1. The summed E-state index contributed by atoms with van der Waals surface area (Å²) in [5.41, 5.74) is 9.24. The van der Waals surface area contributed by atoms with E-state index in [1.165, 1.54) is 37.9 Å². The molecule has 3 nitrogen and oxygen atoms in total. The Labute approximate surface area is 218 Å². The second-order valence-electron chi connectivity index (χ2n) is 10.3. The molecule has 0 radical (unpaired) electrons. The summed E-state index contributed by atoms with van der Waals surface area (Å²) in [5, 5.41) is 5.87. The number of benzene rings is 4. The summed E-state index contributed by atoms with van der Waals surface area (Å²) in [6.07, 6.45) is 0. The van der Waals surface area contributed by atoms with E-state index in [9.17, 15) is 0 Å². The monoisotopic (exact) mass is 493 g/mol. The van der Waals surface area contributed by atoms with Gasteiger partial charge in [-0.1, -0.05) is 92.7 Å². The summed E-state index contributed by atoms with van der Waals surface area (Å²) in [6.45, 7) is 4.70. The highest BCUT2D eigenvalue weighted by Crippen LogP contribution is 2.55. The lowest BCUT2D eigenvalue weighted by atomic mass is 9.81. The summed E-state index contributed by atoms with van der Waals surface area (Å²) in [7, 11) is 0. The van der Waals surface area contributed by atoms with Gasteiger partial charge in [0.2, 0.25) is 5.95 Å². The fraction of sp³-hybridized carbons (Fsp3) is 0.0909. The van der Waals surface area contributed by atoms with Crippen molar-refractivity contribution in [3.05, 3.63) is 114 Å². The first kappa shape index (κ1) is 20.9. The van der Waals surface area contributed by atoms with Gasteiger partial charge in [-0.15, -0.1) is 11.3 Å². The van der Waals surface area contributed by atoms with Crippen LogP contribution in [0.25, 0.3) is 60.4 Å². The van der Waals surface area contributed by atoms with Crippen molar-refractivity contribution in [1.29, 1.82) is 0 Å². The average Bonchev–Trinajstić information content (AvgIpc) is 3.61. The van der Waals surface area contributed by atoms with Gasteiger partial charge in [-0.3, -0.25) is 4.57 Å². The van der Waals surface area contributed by atoms with E-state index in [4.69, 9.17) is 9.97 Å². The lowest BCUT2D eigenvalue weighted by Crippen LogP contribution is -2.14. The summed E-state index contributed by atoms with van der Waals surface area (Å²) in [6, 6.07) is 34.3. The Morgan fingerprint density at radius 3 is 2.43 bits per heavy atom. The van der Waals surface area contributed by atoms with Gasteiger partial charge in [-0.05, 0) is 40.1 Å². The van der Waals surface area contributed by atoms with Crippen molar-refractivity contribution in [2.45, 2.75) is 19.3 Å².